The van der Waals surface area contributed by atoms with Crippen LogP contribution in [-0.2, 0) is 12.4 Å². The minimum absolute atomic E-state index is 0.0851. The molecule has 6 nitrogen and oxygen atoms in total. The molecule has 2 aromatic carbocycles. The average molecular weight is 457 g/mol. The number of hydrogen-bond donors (Lipinski definition) is 1. The van der Waals surface area contributed by atoms with Gasteiger partial charge in [-0.3, -0.25) is 0 Å². The van der Waals surface area contributed by atoms with Crippen molar-refractivity contribution in [2.75, 3.05) is 12.8 Å². The van der Waals surface area contributed by atoms with Gasteiger partial charge in [0.25, 0.3) is 0 Å². The van der Waals surface area contributed by atoms with Gasteiger partial charge in [0.2, 0.25) is 0 Å². The summed E-state index contributed by atoms with van der Waals surface area (Å²) in [6.45, 7) is 0.0851. The first-order valence-electron chi connectivity index (χ1n) is 8.30. The molecule has 0 fully saturated rings. The second kappa shape index (κ2) is 9.44. The van der Waals surface area contributed by atoms with Crippen LogP contribution in [0.3, 0.4) is 0 Å². The first-order valence-corrected chi connectivity index (χ1v) is 10.1. The van der Waals surface area contributed by atoms with Crippen molar-refractivity contribution in [2.24, 2.45) is 0 Å². The third kappa shape index (κ3) is 4.94. The molecule has 8 heteroatoms. The summed E-state index contributed by atoms with van der Waals surface area (Å²) in [6.07, 6.45) is 0. The standard InChI is InChI=1S/C20H17BrN4O2S/c1-26-17-4-2-3-5-18(17)27-11-16-15(10-22)19(23)25-20(24-16)28-12-13-6-8-14(21)9-7-13/h2-9H,11-12H2,1H3,(H2,23,24,25). The molecular formula is C20H17BrN4O2S. The highest BCUT2D eigenvalue weighted by atomic mass is 79.9. The molecule has 0 saturated heterocycles. The first kappa shape index (κ1) is 20.0. The van der Waals surface area contributed by atoms with E-state index in [1.54, 1.807) is 19.2 Å². The van der Waals surface area contributed by atoms with Gasteiger partial charge < -0.3 is 15.2 Å². The van der Waals surface area contributed by atoms with E-state index in [-0.39, 0.29) is 18.0 Å². The van der Waals surface area contributed by atoms with Gasteiger partial charge in [-0.05, 0) is 29.8 Å². The summed E-state index contributed by atoms with van der Waals surface area (Å²) < 4.78 is 12.1. The molecule has 2 N–H and O–H groups in total. The van der Waals surface area contributed by atoms with Crippen LogP contribution in [0.1, 0.15) is 16.8 Å². The number of hydrogen-bond acceptors (Lipinski definition) is 7. The van der Waals surface area contributed by atoms with E-state index in [1.807, 2.05) is 36.4 Å². The lowest BCUT2D eigenvalue weighted by molar-refractivity contribution is 0.279. The zero-order chi connectivity index (χ0) is 19.9. The fourth-order valence-corrected chi connectivity index (χ4v) is 3.50. The largest absolute Gasteiger partial charge is 0.493 e. The monoisotopic (exact) mass is 456 g/mol. The summed E-state index contributed by atoms with van der Waals surface area (Å²) in [5.41, 5.74) is 7.77. The van der Waals surface area contributed by atoms with Crippen LogP contribution in [-0.4, -0.2) is 17.1 Å². The summed E-state index contributed by atoms with van der Waals surface area (Å²) >= 11 is 4.87. The maximum atomic E-state index is 9.42. The smallest absolute Gasteiger partial charge is 0.190 e. The molecular weight excluding hydrogens is 440 g/mol. The lowest BCUT2D eigenvalue weighted by atomic mass is 10.2. The molecule has 0 amide bonds. The molecule has 0 bridgehead atoms. The highest BCUT2D eigenvalue weighted by molar-refractivity contribution is 9.10. The van der Waals surface area contributed by atoms with Gasteiger partial charge >= 0.3 is 0 Å². The molecule has 142 valence electrons. The highest BCUT2D eigenvalue weighted by Crippen LogP contribution is 2.28. The summed E-state index contributed by atoms with van der Waals surface area (Å²) in [6, 6.07) is 17.4. The van der Waals surface area contributed by atoms with E-state index in [9.17, 15) is 5.26 Å². The number of anilines is 1. The van der Waals surface area contributed by atoms with Crippen LogP contribution in [0, 0.1) is 11.3 Å². The van der Waals surface area contributed by atoms with Crippen LogP contribution in [0.2, 0.25) is 0 Å². The fraction of sp³-hybridized carbons (Fsp3) is 0.150. The van der Waals surface area contributed by atoms with Gasteiger partial charge in [-0.1, -0.05) is 52.0 Å². The Morgan fingerprint density at radius 3 is 2.50 bits per heavy atom. The Bertz CT molecular complexity index is 1010. The van der Waals surface area contributed by atoms with Gasteiger partial charge in [0, 0.05) is 10.2 Å². The first-order chi connectivity index (χ1) is 13.6. The number of ether oxygens (including phenoxy) is 2. The minimum atomic E-state index is 0.0851. The number of methoxy groups -OCH3 is 1. The van der Waals surface area contributed by atoms with Crippen molar-refractivity contribution < 1.29 is 9.47 Å². The number of benzene rings is 2. The van der Waals surface area contributed by atoms with Gasteiger partial charge in [0.1, 0.15) is 29.8 Å². The predicted molar refractivity (Wildman–Crippen MR) is 112 cm³/mol. The van der Waals surface area contributed by atoms with Crippen molar-refractivity contribution in [3.05, 3.63) is 69.8 Å². The second-order valence-electron chi connectivity index (χ2n) is 5.68. The normalized spacial score (nSPS) is 10.3. The molecule has 0 atom stereocenters. The Morgan fingerprint density at radius 2 is 1.82 bits per heavy atom. The molecule has 1 aromatic heterocycles. The van der Waals surface area contributed by atoms with Crippen LogP contribution < -0.4 is 15.2 Å². The molecule has 0 spiro atoms. The van der Waals surface area contributed by atoms with Crippen molar-refractivity contribution in [3.8, 4) is 17.6 Å². The molecule has 0 aliphatic heterocycles. The lowest BCUT2D eigenvalue weighted by Gasteiger charge is -2.12. The van der Waals surface area contributed by atoms with E-state index < -0.39 is 0 Å². The van der Waals surface area contributed by atoms with Crippen LogP contribution in [0.4, 0.5) is 5.82 Å². The predicted octanol–water partition coefficient (Wildman–Crippen LogP) is 4.57. The number of nitrogens with zero attached hydrogens (tertiary/aromatic N) is 3. The number of nitriles is 1. The Balaban J connectivity index is 1.77. The molecule has 0 saturated carbocycles. The van der Waals surface area contributed by atoms with Gasteiger partial charge in [0.05, 0.1) is 7.11 Å². The highest BCUT2D eigenvalue weighted by Gasteiger charge is 2.14. The van der Waals surface area contributed by atoms with Crippen molar-refractivity contribution in [2.45, 2.75) is 17.5 Å². The zero-order valence-corrected chi connectivity index (χ0v) is 17.5. The molecule has 28 heavy (non-hydrogen) atoms. The molecule has 0 unspecified atom stereocenters. The number of rotatable bonds is 7. The summed E-state index contributed by atoms with van der Waals surface area (Å²) in [7, 11) is 1.57. The van der Waals surface area contributed by atoms with Crippen molar-refractivity contribution in [1.82, 2.24) is 9.97 Å². The number of nitrogens with two attached hydrogens (primary N) is 1. The Hall–Kier alpha value is -2.76. The summed E-state index contributed by atoms with van der Waals surface area (Å²) in [4.78, 5) is 8.73. The number of para-hydroxylation sites is 2. The van der Waals surface area contributed by atoms with Crippen molar-refractivity contribution in [1.29, 1.82) is 5.26 Å². The number of thioether (sulfide) groups is 1. The zero-order valence-electron chi connectivity index (χ0n) is 15.1. The van der Waals surface area contributed by atoms with Gasteiger partial charge in [-0.15, -0.1) is 0 Å². The van der Waals surface area contributed by atoms with Crippen LogP contribution in [0.5, 0.6) is 11.5 Å². The van der Waals surface area contributed by atoms with Crippen LogP contribution in [0.25, 0.3) is 0 Å². The quantitative estimate of drug-likeness (QED) is 0.410. The molecule has 3 rings (SSSR count). The average Bonchev–Trinajstić information content (AvgIpc) is 2.71. The van der Waals surface area contributed by atoms with Crippen molar-refractivity contribution >= 4 is 33.5 Å². The second-order valence-corrected chi connectivity index (χ2v) is 7.54. The van der Waals surface area contributed by atoms with E-state index in [0.29, 0.717) is 28.1 Å². The SMILES string of the molecule is COc1ccccc1OCc1nc(SCc2ccc(Br)cc2)nc(N)c1C#N. The minimum Gasteiger partial charge on any atom is -0.493 e. The molecule has 3 aromatic rings. The molecule has 0 aliphatic rings. The third-order valence-electron chi connectivity index (χ3n) is 3.82. The Morgan fingerprint density at radius 1 is 1.11 bits per heavy atom. The third-order valence-corrected chi connectivity index (χ3v) is 5.26. The van der Waals surface area contributed by atoms with E-state index >= 15 is 0 Å². The van der Waals surface area contributed by atoms with Crippen LogP contribution >= 0.6 is 27.7 Å². The summed E-state index contributed by atoms with van der Waals surface area (Å²) in [5.74, 6) is 2.00. The Labute approximate surface area is 175 Å². The maximum absolute atomic E-state index is 9.42. The van der Waals surface area contributed by atoms with Gasteiger partial charge in [-0.25, -0.2) is 9.97 Å². The summed E-state index contributed by atoms with van der Waals surface area (Å²) in [5, 5.41) is 9.92. The van der Waals surface area contributed by atoms with Gasteiger partial charge in [0.15, 0.2) is 16.7 Å². The lowest BCUT2D eigenvalue weighted by Crippen LogP contribution is -2.08. The number of nitrogen functional groups attached to an aromatic ring is 1. The van der Waals surface area contributed by atoms with E-state index in [0.717, 1.165) is 10.0 Å². The van der Waals surface area contributed by atoms with Gasteiger partial charge in [-0.2, -0.15) is 5.26 Å². The van der Waals surface area contributed by atoms with E-state index in [2.05, 4.69) is 32.0 Å². The maximum Gasteiger partial charge on any atom is 0.190 e. The molecule has 0 aliphatic carbocycles. The van der Waals surface area contributed by atoms with E-state index in [4.69, 9.17) is 15.2 Å². The van der Waals surface area contributed by atoms with E-state index in [1.165, 1.54) is 11.8 Å². The number of aromatic nitrogens is 2. The van der Waals surface area contributed by atoms with Crippen LogP contribution in [0.15, 0.2) is 58.2 Å². The topological polar surface area (TPSA) is 94.1 Å². The van der Waals surface area contributed by atoms with Crippen molar-refractivity contribution in [3.63, 3.8) is 0 Å². The molecule has 0 radical (unpaired) electrons. The number of halogens is 1. The fourth-order valence-electron chi connectivity index (χ4n) is 2.41. The Kier molecular flexibility index (Phi) is 6.74. The molecule has 1 heterocycles.